The van der Waals surface area contributed by atoms with Crippen LogP contribution in [0.1, 0.15) is 5.56 Å². The van der Waals surface area contributed by atoms with Gasteiger partial charge in [-0.25, -0.2) is 0 Å². The van der Waals surface area contributed by atoms with Crippen LogP contribution in [0.15, 0.2) is 53.0 Å². The number of benzene rings is 2. The maximum Gasteiger partial charge on any atom is 0.170 e. The molecule has 0 amide bonds. The Labute approximate surface area is 138 Å². The summed E-state index contributed by atoms with van der Waals surface area (Å²) >= 11 is 8.71. The molecule has 0 radical (unpaired) electrons. The summed E-state index contributed by atoms with van der Waals surface area (Å²) in [5.41, 5.74) is 2.21. The van der Waals surface area contributed by atoms with Gasteiger partial charge < -0.3 is 15.4 Å². The quantitative estimate of drug-likeness (QED) is 0.786. The van der Waals surface area contributed by atoms with E-state index in [4.69, 9.17) is 17.0 Å². The first kappa shape index (κ1) is 15.8. The van der Waals surface area contributed by atoms with Crippen molar-refractivity contribution in [3.63, 3.8) is 0 Å². The molecule has 0 atom stereocenters. The molecule has 0 aliphatic rings. The van der Waals surface area contributed by atoms with E-state index in [1.807, 2.05) is 36.4 Å². The molecular formula is C16H17BrN2OS. The topological polar surface area (TPSA) is 33.3 Å². The largest absolute Gasteiger partial charge is 0.497 e. The van der Waals surface area contributed by atoms with E-state index < -0.39 is 0 Å². The summed E-state index contributed by atoms with van der Waals surface area (Å²) < 4.78 is 6.16. The van der Waals surface area contributed by atoms with Crippen molar-refractivity contribution in [2.45, 2.75) is 6.42 Å². The van der Waals surface area contributed by atoms with Gasteiger partial charge in [0.1, 0.15) is 5.75 Å². The van der Waals surface area contributed by atoms with Crippen molar-refractivity contribution >= 4 is 38.9 Å². The highest BCUT2D eigenvalue weighted by molar-refractivity contribution is 9.10. The van der Waals surface area contributed by atoms with Gasteiger partial charge in [-0.15, -0.1) is 0 Å². The van der Waals surface area contributed by atoms with Gasteiger partial charge in [0, 0.05) is 16.7 Å². The summed E-state index contributed by atoms with van der Waals surface area (Å²) in [5, 5.41) is 6.99. The third-order valence-electron chi connectivity index (χ3n) is 2.94. The lowest BCUT2D eigenvalue weighted by Gasteiger charge is -2.11. The van der Waals surface area contributed by atoms with Crippen LogP contribution in [0.5, 0.6) is 5.75 Å². The highest BCUT2D eigenvalue weighted by atomic mass is 79.9. The van der Waals surface area contributed by atoms with Crippen LogP contribution in [0, 0.1) is 0 Å². The highest BCUT2D eigenvalue weighted by Gasteiger charge is 1.99. The number of anilines is 1. The molecule has 0 heterocycles. The fourth-order valence-corrected chi connectivity index (χ4v) is 2.47. The van der Waals surface area contributed by atoms with Crippen LogP contribution >= 0.6 is 28.1 Å². The van der Waals surface area contributed by atoms with E-state index in [1.165, 1.54) is 5.56 Å². The first-order valence-electron chi connectivity index (χ1n) is 6.61. The molecule has 0 saturated carbocycles. The van der Waals surface area contributed by atoms with Gasteiger partial charge >= 0.3 is 0 Å². The van der Waals surface area contributed by atoms with Gasteiger partial charge in [-0.1, -0.05) is 34.1 Å². The molecule has 21 heavy (non-hydrogen) atoms. The van der Waals surface area contributed by atoms with Gasteiger partial charge in [0.15, 0.2) is 5.11 Å². The summed E-state index contributed by atoms with van der Waals surface area (Å²) in [7, 11) is 1.67. The smallest absolute Gasteiger partial charge is 0.170 e. The number of methoxy groups -OCH3 is 1. The van der Waals surface area contributed by atoms with Crippen molar-refractivity contribution < 1.29 is 4.74 Å². The zero-order chi connectivity index (χ0) is 15.1. The van der Waals surface area contributed by atoms with Crippen LogP contribution in [-0.4, -0.2) is 18.8 Å². The van der Waals surface area contributed by atoms with Gasteiger partial charge in [0.2, 0.25) is 0 Å². The first-order valence-corrected chi connectivity index (χ1v) is 7.81. The van der Waals surface area contributed by atoms with Crippen LogP contribution in [0.2, 0.25) is 0 Å². The molecule has 2 aromatic rings. The monoisotopic (exact) mass is 364 g/mol. The Bertz CT molecular complexity index is 601. The summed E-state index contributed by atoms with van der Waals surface area (Å²) in [6.45, 7) is 0.784. The standard InChI is InChI=1S/C16H17BrN2OS/c1-20-15-7-5-12(6-8-15)9-10-18-16(21)19-14-4-2-3-13(17)11-14/h2-8,11H,9-10H2,1H3,(H2,18,19,21). The Morgan fingerprint density at radius 2 is 1.95 bits per heavy atom. The Morgan fingerprint density at radius 1 is 1.19 bits per heavy atom. The maximum absolute atomic E-state index is 5.28. The number of rotatable bonds is 5. The molecule has 5 heteroatoms. The van der Waals surface area contributed by atoms with Gasteiger partial charge in [-0.3, -0.25) is 0 Å². The molecule has 0 bridgehead atoms. The fourth-order valence-electron chi connectivity index (χ4n) is 1.85. The van der Waals surface area contributed by atoms with Crippen LogP contribution in [0.25, 0.3) is 0 Å². The molecule has 0 unspecified atom stereocenters. The Morgan fingerprint density at radius 3 is 2.62 bits per heavy atom. The molecule has 0 aromatic heterocycles. The normalized spacial score (nSPS) is 10.0. The zero-order valence-electron chi connectivity index (χ0n) is 11.7. The first-order chi connectivity index (χ1) is 10.2. The van der Waals surface area contributed by atoms with Crippen LogP contribution in [0.4, 0.5) is 5.69 Å². The molecule has 3 nitrogen and oxygen atoms in total. The predicted octanol–water partition coefficient (Wildman–Crippen LogP) is 3.99. The van der Waals surface area contributed by atoms with E-state index in [9.17, 15) is 0 Å². The number of halogens is 1. The molecule has 2 N–H and O–H groups in total. The average Bonchev–Trinajstić information content (AvgIpc) is 2.48. The lowest BCUT2D eigenvalue weighted by atomic mass is 10.1. The maximum atomic E-state index is 5.28. The van der Waals surface area contributed by atoms with Crippen molar-refractivity contribution in [1.29, 1.82) is 0 Å². The number of thiocarbonyl (C=S) groups is 1. The van der Waals surface area contributed by atoms with Crippen molar-refractivity contribution in [3.05, 3.63) is 58.6 Å². The van der Waals surface area contributed by atoms with Crippen molar-refractivity contribution in [2.24, 2.45) is 0 Å². The lowest BCUT2D eigenvalue weighted by Crippen LogP contribution is -2.30. The van der Waals surface area contributed by atoms with Gasteiger partial charge in [-0.05, 0) is 54.5 Å². The summed E-state index contributed by atoms with van der Waals surface area (Å²) in [5.74, 6) is 0.874. The molecular weight excluding hydrogens is 348 g/mol. The Hall–Kier alpha value is -1.59. The number of hydrogen-bond donors (Lipinski definition) is 2. The van der Waals surface area contributed by atoms with Gasteiger partial charge in [0.25, 0.3) is 0 Å². The molecule has 2 aromatic carbocycles. The van der Waals surface area contributed by atoms with E-state index in [1.54, 1.807) is 7.11 Å². The second-order valence-electron chi connectivity index (χ2n) is 4.49. The number of nitrogens with one attached hydrogen (secondary N) is 2. The van der Waals surface area contributed by atoms with Crippen LogP contribution < -0.4 is 15.4 Å². The second-order valence-corrected chi connectivity index (χ2v) is 5.81. The van der Waals surface area contributed by atoms with Gasteiger partial charge in [0.05, 0.1) is 7.11 Å². The molecule has 2 rings (SSSR count). The average molecular weight is 365 g/mol. The minimum Gasteiger partial charge on any atom is -0.497 e. The SMILES string of the molecule is COc1ccc(CCNC(=S)Nc2cccc(Br)c2)cc1. The van der Waals surface area contributed by atoms with E-state index in [0.29, 0.717) is 5.11 Å². The third kappa shape index (κ3) is 5.36. The molecule has 0 spiro atoms. The van der Waals surface area contributed by atoms with E-state index in [0.717, 1.165) is 28.9 Å². The Balaban J connectivity index is 1.76. The Kier molecular flexibility index (Phi) is 6.02. The highest BCUT2D eigenvalue weighted by Crippen LogP contribution is 2.15. The van der Waals surface area contributed by atoms with Gasteiger partial charge in [-0.2, -0.15) is 0 Å². The zero-order valence-corrected chi connectivity index (χ0v) is 14.1. The van der Waals surface area contributed by atoms with E-state index in [-0.39, 0.29) is 0 Å². The van der Waals surface area contributed by atoms with Crippen LogP contribution in [-0.2, 0) is 6.42 Å². The van der Waals surface area contributed by atoms with E-state index >= 15 is 0 Å². The number of hydrogen-bond acceptors (Lipinski definition) is 2. The van der Waals surface area contributed by atoms with E-state index in [2.05, 4.69) is 38.7 Å². The summed E-state index contributed by atoms with van der Waals surface area (Å²) in [6, 6.07) is 16.0. The molecule has 110 valence electrons. The minimum absolute atomic E-state index is 0.626. The molecule has 0 aliphatic heterocycles. The minimum atomic E-state index is 0.626. The summed E-state index contributed by atoms with van der Waals surface area (Å²) in [4.78, 5) is 0. The van der Waals surface area contributed by atoms with Crippen LogP contribution in [0.3, 0.4) is 0 Å². The molecule has 0 aliphatic carbocycles. The van der Waals surface area contributed by atoms with Crippen molar-refractivity contribution in [3.8, 4) is 5.75 Å². The van der Waals surface area contributed by atoms with Crippen molar-refractivity contribution in [1.82, 2.24) is 5.32 Å². The fraction of sp³-hybridized carbons (Fsp3) is 0.188. The molecule has 0 fully saturated rings. The predicted molar refractivity (Wildman–Crippen MR) is 95.1 cm³/mol. The molecule has 0 saturated heterocycles. The lowest BCUT2D eigenvalue weighted by molar-refractivity contribution is 0.414. The second kappa shape index (κ2) is 8.00. The summed E-state index contributed by atoms with van der Waals surface area (Å²) in [6.07, 6.45) is 0.907. The number of ether oxygens (including phenoxy) is 1. The van der Waals surface area contributed by atoms with Crippen molar-refractivity contribution in [2.75, 3.05) is 19.0 Å². The third-order valence-corrected chi connectivity index (χ3v) is 3.68.